The number of fused-ring (bicyclic) bond motifs is 3. The molecule has 0 aliphatic heterocycles. The first-order valence-corrected chi connectivity index (χ1v) is 10.2. The van der Waals surface area contributed by atoms with Crippen molar-refractivity contribution in [1.29, 1.82) is 0 Å². The van der Waals surface area contributed by atoms with E-state index in [9.17, 15) is 4.79 Å². The van der Waals surface area contributed by atoms with Crippen molar-refractivity contribution >= 4 is 39.4 Å². The zero-order chi connectivity index (χ0) is 17.3. The molecule has 4 nitrogen and oxygen atoms in total. The first kappa shape index (κ1) is 17.6. The Bertz CT molecular complexity index is 749. The van der Waals surface area contributed by atoms with Gasteiger partial charge in [0.1, 0.15) is 5.75 Å². The summed E-state index contributed by atoms with van der Waals surface area (Å²) in [7, 11) is 1.70. The highest BCUT2D eigenvalue weighted by Gasteiger charge is 2.33. The summed E-state index contributed by atoms with van der Waals surface area (Å²) in [4.78, 5) is 15.1. The maximum Gasteiger partial charge on any atom is 0.230 e. The Kier molecular flexibility index (Phi) is 5.37. The number of alkyl halides is 1. The maximum absolute atomic E-state index is 13.1. The average Bonchev–Trinajstić information content (AvgIpc) is 2.95. The zero-order valence-electron chi connectivity index (χ0n) is 14.6. The number of carbonyl (C=O) groups excluding carboxylic acids is 1. The molecule has 1 aliphatic carbocycles. The van der Waals surface area contributed by atoms with Crippen LogP contribution in [0.5, 0.6) is 5.75 Å². The molecule has 5 heteroatoms. The number of amides is 1. The summed E-state index contributed by atoms with van der Waals surface area (Å²) in [6, 6.07) is 6.24. The van der Waals surface area contributed by atoms with Crippen molar-refractivity contribution in [3.8, 4) is 5.75 Å². The van der Waals surface area contributed by atoms with Crippen molar-refractivity contribution in [2.24, 2.45) is 0 Å². The molecular formula is C19H25IN2O2. The standard InChI is InChI=1S/C19H25IN2O2/c1-4-21(5-2)19(23)14-7-6-8-17-18(14)15-11-13(24-3)9-10-16(15)22(17)12-20/h9-11,14H,4-8,12H2,1-3H3. The number of ether oxygens (including phenoxy) is 1. The molecule has 0 fully saturated rings. The van der Waals surface area contributed by atoms with E-state index in [1.54, 1.807) is 7.11 Å². The molecule has 0 spiro atoms. The Balaban J connectivity index is 2.19. The minimum absolute atomic E-state index is 0.0209. The van der Waals surface area contributed by atoms with Crippen LogP contribution in [0, 0.1) is 0 Å². The number of hydrogen-bond acceptors (Lipinski definition) is 2. The van der Waals surface area contributed by atoms with Crippen molar-refractivity contribution in [2.45, 2.75) is 43.6 Å². The molecule has 1 unspecified atom stereocenters. The molecule has 0 saturated heterocycles. The van der Waals surface area contributed by atoms with E-state index in [2.05, 4.69) is 53.1 Å². The Labute approximate surface area is 157 Å². The quantitative estimate of drug-likeness (QED) is 0.513. The number of aromatic nitrogens is 1. The van der Waals surface area contributed by atoms with Gasteiger partial charge in [-0.15, -0.1) is 0 Å². The van der Waals surface area contributed by atoms with Crippen LogP contribution in [-0.2, 0) is 15.8 Å². The van der Waals surface area contributed by atoms with Gasteiger partial charge in [0.25, 0.3) is 0 Å². The lowest BCUT2D eigenvalue weighted by atomic mass is 9.84. The average molecular weight is 440 g/mol. The van der Waals surface area contributed by atoms with Crippen molar-refractivity contribution in [3.63, 3.8) is 0 Å². The molecular weight excluding hydrogens is 415 g/mol. The molecule has 130 valence electrons. The second-order valence-electron chi connectivity index (χ2n) is 6.25. The fourth-order valence-corrected chi connectivity index (χ4v) is 4.73. The maximum atomic E-state index is 13.1. The van der Waals surface area contributed by atoms with Crippen LogP contribution in [0.4, 0.5) is 0 Å². The topological polar surface area (TPSA) is 34.5 Å². The monoisotopic (exact) mass is 440 g/mol. The van der Waals surface area contributed by atoms with E-state index in [0.717, 1.165) is 42.7 Å². The SMILES string of the molecule is CCN(CC)C(=O)C1CCCc2c1c1cc(OC)ccc1n2CI. The molecule has 0 N–H and O–H groups in total. The Morgan fingerprint density at radius 1 is 1.38 bits per heavy atom. The van der Waals surface area contributed by atoms with Crippen molar-refractivity contribution in [3.05, 3.63) is 29.5 Å². The molecule has 1 amide bonds. The van der Waals surface area contributed by atoms with Crippen LogP contribution >= 0.6 is 22.6 Å². The van der Waals surface area contributed by atoms with E-state index in [1.165, 1.54) is 22.2 Å². The van der Waals surface area contributed by atoms with E-state index in [4.69, 9.17) is 4.74 Å². The van der Waals surface area contributed by atoms with Gasteiger partial charge in [0.05, 0.1) is 17.6 Å². The molecule has 0 bridgehead atoms. The number of halogens is 1. The second-order valence-corrected chi connectivity index (χ2v) is 6.93. The lowest BCUT2D eigenvalue weighted by Gasteiger charge is -2.29. The van der Waals surface area contributed by atoms with Gasteiger partial charge >= 0.3 is 0 Å². The molecule has 1 atom stereocenters. The van der Waals surface area contributed by atoms with Crippen LogP contribution in [0.1, 0.15) is 43.9 Å². The summed E-state index contributed by atoms with van der Waals surface area (Å²) in [5.74, 6) is 1.11. The number of methoxy groups -OCH3 is 1. The summed E-state index contributed by atoms with van der Waals surface area (Å²) >= 11 is 2.41. The van der Waals surface area contributed by atoms with Gasteiger partial charge in [0.15, 0.2) is 0 Å². The number of carbonyl (C=O) groups is 1. The fourth-order valence-electron chi connectivity index (χ4n) is 3.96. The van der Waals surface area contributed by atoms with Crippen LogP contribution in [0.15, 0.2) is 18.2 Å². The third-order valence-electron chi connectivity index (χ3n) is 5.17. The van der Waals surface area contributed by atoms with Crippen LogP contribution in [0.25, 0.3) is 10.9 Å². The molecule has 1 heterocycles. The van der Waals surface area contributed by atoms with Gasteiger partial charge in [-0.2, -0.15) is 0 Å². The first-order chi connectivity index (χ1) is 11.7. The van der Waals surface area contributed by atoms with Gasteiger partial charge < -0.3 is 14.2 Å². The third-order valence-corrected chi connectivity index (χ3v) is 5.85. The fraction of sp³-hybridized carbons (Fsp3) is 0.526. The molecule has 3 rings (SSSR count). The summed E-state index contributed by atoms with van der Waals surface area (Å²) < 4.78 is 8.71. The molecule has 1 aromatic heterocycles. The zero-order valence-corrected chi connectivity index (χ0v) is 16.8. The highest BCUT2D eigenvalue weighted by atomic mass is 127. The van der Waals surface area contributed by atoms with Gasteiger partial charge in [-0.3, -0.25) is 4.79 Å². The van der Waals surface area contributed by atoms with Gasteiger partial charge in [-0.05, 0) is 56.9 Å². The summed E-state index contributed by atoms with van der Waals surface area (Å²) in [5, 5.41) is 1.19. The Morgan fingerprint density at radius 3 is 2.75 bits per heavy atom. The Morgan fingerprint density at radius 2 is 2.12 bits per heavy atom. The van der Waals surface area contributed by atoms with Crippen molar-refractivity contribution < 1.29 is 9.53 Å². The highest BCUT2D eigenvalue weighted by Crippen LogP contribution is 2.41. The normalized spacial score (nSPS) is 16.9. The molecule has 1 aromatic carbocycles. The smallest absolute Gasteiger partial charge is 0.230 e. The van der Waals surface area contributed by atoms with Crippen molar-refractivity contribution in [1.82, 2.24) is 9.47 Å². The molecule has 0 radical (unpaired) electrons. The summed E-state index contributed by atoms with van der Waals surface area (Å²) in [6.45, 7) is 5.66. The third kappa shape index (κ3) is 2.80. The number of benzene rings is 1. The van der Waals surface area contributed by atoms with Crippen molar-refractivity contribution in [2.75, 3.05) is 20.2 Å². The lowest BCUT2D eigenvalue weighted by molar-refractivity contribution is -0.132. The van der Waals surface area contributed by atoms with Gasteiger partial charge in [0.2, 0.25) is 5.91 Å². The van der Waals surface area contributed by atoms with E-state index < -0.39 is 0 Å². The second kappa shape index (κ2) is 7.33. The highest BCUT2D eigenvalue weighted by molar-refractivity contribution is 14.1. The van der Waals surface area contributed by atoms with Crippen LogP contribution in [-0.4, -0.2) is 35.6 Å². The largest absolute Gasteiger partial charge is 0.497 e. The van der Waals surface area contributed by atoms with Crippen LogP contribution < -0.4 is 4.74 Å². The van der Waals surface area contributed by atoms with E-state index in [-0.39, 0.29) is 11.8 Å². The number of rotatable bonds is 5. The molecule has 24 heavy (non-hydrogen) atoms. The predicted octanol–water partition coefficient (Wildman–Crippen LogP) is 4.33. The first-order valence-electron chi connectivity index (χ1n) is 8.69. The van der Waals surface area contributed by atoms with E-state index in [0.29, 0.717) is 0 Å². The van der Waals surface area contributed by atoms with Gasteiger partial charge in [-0.25, -0.2) is 0 Å². The number of likely N-dealkylation sites (N-methyl/N-ethyl adjacent to an activating group) is 1. The van der Waals surface area contributed by atoms with Gasteiger partial charge in [0, 0.05) is 29.7 Å². The van der Waals surface area contributed by atoms with Crippen LogP contribution in [0.2, 0.25) is 0 Å². The molecule has 2 aromatic rings. The molecule has 1 aliphatic rings. The summed E-state index contributed by atoms with van der Waals surface area (Å²) in [6.07, 6.45) is 3.08. The minimum atomic E-state index is -0.0209. The van der Waals surface area contributed by atoms with Gasteiger partial charge in [-0.1, -0.05) is 22.6 Å². The number of hydrogen-bond donors (Lipinski definition) is 0. The number of nitrogens with zero attached hydrogens (tertiary/aromatic N) is 2. The molecule has 0 saturated carbocycles. The lowest BCUT2D eigenvalue weighted by Crippen LogP contribution is -2.36. The van der Waals surface area contributed by atoms with E-state index >= 15 is 0 Å². The minimum Gasteiger partial charge on any atom is -0.497 e. The van der Waals surface area contributed by atoms with E-state index in [1.807, 2.05) is 11.0 Å². The summed E-state index contributed by atoms with van der Waals surface area (Å²) in [5.41, 5.74) is 3.79. The Hall–Kier alpha value is -1.24. The van der Waals surface area contributed by atoms with Crippen LogP contribution in [0.3, 0.4) is 0 Å². The predicted molar refractivity (Wildman–Crippen MR) is 106 cm³/mol.